The number of para-hydroxylation sites is 2. The first-order chi connectivity index (χ1) is 33.3. The van der Waals surface area contributed by atoms with Crippen LogP contribution in [-0.2, 0) is 10.8 Å². The zero-order chi connectivity index (χ0) is 46.0. The number of nitrogens with zero attached hydrogens (tertiary/aromatic N) is 2. The fourth-order valence-electron chi connectivity index (χ4n) is 11.2. The van der Waals surface area contributed by atoms with E-state index in [1.54, 1.807) is 0 Å². The Morgan fingerprint density at radius 3 is 1.35 bits per heavy atom. The van der Waals surface area contributed by atoms with Gasteiger partial charge in [-0.15, -0.1) is 0 Å². The van der Waals surface area contributed by atoms with Crippen LogP contribution in [0.15, 0.2) is 243 Å². The van der Waals surface area contributed by atoms with Gasteiger partial charge in [0.05, 0.1) is 11.4 Å². The SMILES string of the molecule is CC1(C)c2ccccc2-c2ccc(N(c3ccccc3-c3ccccc3)c3c(-c4ccc(N(c5ccccc5)c5ccc(-c6ccccc6)cc5)cc4)ccc4c3-c3ccccc3C4(C)C)cc21. The second kappa shape index (κ2) is 16.3. The second-order valence-electron chi connectivity index (χ2n) is 19.3. The molecule has 0 N–H and O–H groups in total. The van der Waals surface area contributed by atoms with Gasteiger partial charge < -0.3 is 9.80 Å². The summed E-state index contributed by atoms with van der Waals surface area (Å²) in [5.41, 5.74) is 24.0. The molecule has 0 fully saturated rings. The van der Waals surface area contributed by atoms with Gasteiger partial charge in [-0.25, -0.2) is 0 Å². The molecule has 0 atom stereocenters. The molecule has 68 heavy (non-hydrogen) atoms. The standard InChI is InChI=1S/C66H52N2/c1-65(2)59-30-18-15-28-57(59)63-60(65)43-42-54(48-34-38-51(39-35-48)67(49-24-12-7-13-25-49)50-36-32-46(33-37-50)45-20-8-5-9-21-45)64(63)68(62-31-19-16-26-53(62)47-22-10-6-11-23-47)52-40-41-56-55-27-14-17-29-58(55)66(3,4)61(56)44-52/h5-44H,1-4H3. The topological polar surface area (TPSA) is 6.48 Å². The van der Waals surface area contributed by atoms with Gasteiger partial charge in [-0.1, -0.05) is 216 Å². The van der Waals surface area contributed by atoms with Crippen molar-refractivity contribution in [3.8, 4) is 55.6 Å². The van der Waals surface area contributed by atoms with Crippen LogP contribution in [0.2, 0.25) is 0 Å². The van der Waals surface area contributed by atoms with Crippen LogP contribution in [0.25, 0.3) is 55.6 Å². The van der Waals surface area contributed by atoms with Gasteiger partial charge in [0.1, 0.15) is 0 Å². The summed E-state index contributed by atoms with van der Waals surface area (Å²) < 4.78 is 0. The summed E-state index contributed by atoms with van der Waals surface area (Å²) in [5.74, 6) is 0. The zero-order valence-corrected chi connectivity index (χ0v) is 39.0. The number of hydrogen-bond acceptors (Lipinski definition) is 2. The van der Waals surface area contributed by atoms with Gasteiger partial charge in [-0.2, -0.15) is 0 Å². The maximum Gasteiger partial charge on any atom is 0.0621 e. The molecular formula is C66H52N2. The fourth-order valence-corrected chi connectivity index (χ4v) is 11.2. The first-order valence-corrected chi connectivity index (χ1v) is 23.8. The second-order valence-corrected chi connectivity index (χ2v) is 19.3. The van der Waals surface area contributed by atoms with Gasteiger partial charge in [-0.3, -0.25) is 0 Å². The van der Waals surface area contributed by atoms with Crippen molar-refractivity contribution in [1.29, 1.82) is 0 Å². The van der Waals surface area contributed by atoms with Crippen molar-refractivity contribution in [2.24, 2.45) is 0 Å². The average molecular weight is 873 g/mol. The van der Waals surface area contributed by atoms with Crippen LogP contribution in [-0.4, -0.2) is 0 Å². The molecule has 0 saturated heterocycles. The van der Waals surface area contributed by atoms with Crippen LogP contribution in [0.5, 0.6) is 0 Å². The molecule has 2 nitrogen and oxygen atoms in total. The van der Waals surface area contributed by atoms with Crippen molar-refractivity contribution < 1.29 is 0 Å². The third kappa shape index (κ3) is 6.70. The summed E-state index contributed by atoms with van der Waals surface area (Å²) >= 11 is 0. The largest absolute Gasteiger partial charge is 0.311 e. The lowest BCUT2D eigenvalue weighted by Crippen LogP contribution is -2.18. The van der Waals surface area contributed by atoms with Crippen LogP contribution in [0.4, 0.5) is 34.1 Å². The Morgan fingerprint density at radius 2 is 0.691 bits per heavy atom. The summed E-state index contributed by atoms with van der Waals surface area (Å²) in [6, 6.07) is 89.3. The van der Waals surface area contributed by atoms with Gasteiger partial charge in [0.25, 0.3) is 0 Å². The lowest BCUT2D eigenvalue weighted by Gasteiger charge is -2.34. The first-order valence-electron chi connectivity index (χ1n) is 23.8. The minimum Gasteiger partial charge on any atom is -0.311 e. The third-order valence-electron chi connectivity index (χ3n) is 14.7. The molecule has 0 heterocycles. The lowest BCUT2D eigenvalue weighted by molar-refractivity contribution is 0.660. The average Bonchev–Trinajstić information content (AvgIpc) is 3.77. The maximum absolute atomic E-state index is 2.59. The highest BCUT2D eigenvalue weighted by Gasteiger charge is 2.40. The molecular weight excluding hydrogens is 821 g/mol. The predicted octanol–water partition coefficient (Wildman–Crippen LogP) is 18.2. The monoisotopic (exact) mass is 872 g/mol. The van der Waals surface area contributed by atoms with E-state index in [0.717, 1.165) is 34.0 Å². The molecule has 2 heteroatoms. The van der Waals surface area contributed by atoms with Crippen molar-refractivity contribution in [3.63, 3.8) is 0 Å². The number of fused-ring (bicyclic) bond motifs is 6. The van der Waals surface area contributed by atoms with Crippen molar-refractivity contribution in [2.45, 2.75) is 38.5 Å². The Bertz CT molecular complexity index is 3480. The Balaban J connectivity index is 1.09. The Kier molecular flexibility index (Phi) is 9.88. The highest BCUT2D eigenvalue weighted by atomic mass is 15.2. The molecule has 0 saturated carbocycles. The number of benzene rings is 10. The maximum atomic E-state index is 2.59. The van der Waals surface area contributed by atoms with Gasteiger partial charge in [0.15, 0.2) is 0 Å². The molecule has 0 radical (unpaired) electrons. The van der Waals surface area contributed by atoms with Gasteiger partial charge in [0, 0.05) is 50.3 Å². The molecule has 0 aliphatic heterocycles. The van der Waals surface area contributed by atoms with Crippen LogP contribution >= 0.6 is 0 Å². The fraction of sp³-hybridized carbons (Fsp3) is 0.0909. The highest BCUT2D eigenvalue weighted by Crippen LogP contribution is 2.59. The van der Waals surface area contributed by atoms with Crippen LogP contribution in [0.1, 0.15) is 49.9 Å². The predicted molar refractivity (Wildman–Crippen MR) is 287 cm³/mol. The van der Waals surface area contributed by atoms with E-state index < -0.39 is 0 Å². The molecule has 326 valence electrons. The summed E-state index contributed by atoms with van der Waals surface area (Å²) in [6.07, 6.45) is 0. The smallest absolute Gasteiger partial charge is 0.0621 e. The molecule has 0 aromatic heterocycles. The first kappa shape index (κ1) is 41.2. The number of anilines is 6. The molecule has 10 aromatic rings. The molecule has 10 aromatic carbocycles. The summed E-state index contributed by atoms with van der Waals surface area (Å²) in [7, 11) is 0. The summed E-state index contributed by atoms with van der Waals surface area (Å²) in [4.78, 5) is 4.94. The van der Waals surface area contributed by atoms with E-state index in [0.29, 0.717) is 0 Å². The van der Waals surface area contributed by atoms with E-state index in [1.807, 2.05) is 0 Å². The molecule has 2 aliphatic carbocycles. The number of rotatable bonds is 9. The lowest BCUT2D eigenvalue weighted by atomic mass is 9.81. The van der Waals surface area contributed by atoms with E-state index in [9.17, 15) is 0 Å². The van der Waals surface area contributed by atoms with Crippen molar-refractivity contribution in [1.82, 2.24) is 0 Å². The molecule has 2 aliphatic rings. The number of hydrogen-bond donors (Lipinski definition) is 0. The zero-order valence-electron chi connectivity index (χ0n) is 39.0. The quantitative estimate of drug-likeness (QED) is 0.143. The molecule has 0 amide bonds. The van der Waals surface area contributed by atoms with Gasteiger partial charge >= 0.3 is 0 Å². The van der Waals surface area contributed by atoms with Crippen LogP contribution in [0, 0.1) is 0 Å². The highest BCUT2D eigenvalue weighted by molar-refractivity contribution is 6.04. The molecule has 12 rings (SSSR count). The van der Waals surface area contributed by atoms with E-state index in [-0.39, 0.29) is 10.8 Å². The minimum absolute atomic E-state index is 0.176. The van der Waals surface area contributed by atoms with Crippen molar-refractivity contribution in [2.75, 3.05) is 9.80 Å². The normalized spacial score (nSPS) is 13.5. The third-order valence-corrected chi connectivity index (χ3v) is 14.7. The van der Waals surface area contributed by atoms with E-state index in [2.05, 4.69) is 280 Å². The Hall–Kier alpha value is -8.20. The molecule has 0 spiro atoms. The van der Waals surface area contributed by atoms with Gasteiger partial charge in [-0.05, 0) is 116 Å². The molecule has 0 bridgehead atoms. The Morgan fingerprint density at radius 1 is 0.265 bits per heavy atom. The van der Waals surface area contributed by atoms with Crippen LogP contribution in [0.3, 0.4) is 0 Å². The van der Waals surface area contributed by atoms with E-state index in [4.69, 9.17) is 0 Å². The molecule has 0 unspecified atom stereocenters. The van der Waals surface area contributed by atoms with E-state index >= 15 is 0 Å². The minimum atomic E-state index is -0.207. The van der Waals surface area contributed by atoms with Crippen molar-refractivity contribution in [3.05, 3.63) is 265 Å². The van der Waals surface area contributed by atoms with E-state index in [1.165, 1.54) is 78.0 Å². The summed E-state index contributed by atoms with van der Waals surface area (Å²) in [6.45, 7) is 9.54. The van der Waals surface area contributed by atoms with Crippen molar-refractivity contribution >= 4 is 34.1 Å². The summed E-state index contributed by atoms with van der Waals surface area (Å²) in [5, 5.41) is 0. The Labute approximate surface area is 401 Å². The van der Waals surface area contributed by atoms with Crippen LogP contribution < -0.4 is 9.80 Å². The van der Waals surface area contributed by atoms with Gasteiger partial charge in [0.2, 0.25) is 0 Å².